The highest BCUT2D eigenvalue weighted by atomic mass is 16.3. The van der Waals surface area contributed by atoms with Gasteiger partial charge in [0, 0.05) is 18.6 Å². The van der Waals surface area contributed by atoms with Gasteiger partial charge in [0.1, 0.15) is 0 Å². The molecule has 1 atom stereocenters. The fourth-order valence-electron chi connectivity index (χ4n) is 3.27. The van der Waals surface area contributed by atoms with Crippen molar-refractivity contribution < 1.29 is 5.11 Å². The van der Waals surface area contributed by atoms with Crippen molar-refractivity contribution in [3.8, 4) is 0 Å². The van der Waals surface area contributed by atoms with Crippen LogP contribution in [0.15, 0.2) is 0 Å². The van der Waals surface area contributed by atoms with E-state index in [1.165, 1.54) is 51.5 Å². The Labute approximate surface area is 111 Å². The van der Waals surface area contributed by atoms with E-state index in [9.17, 15) is 5.11 Å². The summed E-state index contributed by atoms with van der Waals surface area (Å²) in [6.07, 6.45) is 9.21. The van der Waals surface area contributed by atoms with Gasteiger partial charge in [-0.2, -0.15) is 0 Å². The maximum atomic E-state index is 9.99. The molecule has 2 N–H and O–H groups in total. The van der Waals surface area contributed by atoms with Crippen LogP contribution >= 0.6 is 0 Å². The van der Waals surface area contributed by atoms with Crippen molar-refractivity contribution in [1.29, 1.82) is 0 Å². The van der Waals surface area contributed by atoms with Crippen LogP contribution in [0.2, 0.25) is 0 Å². The average molecular weight is 252 g/mol. The predicted molar refractivity (Wildman–Crippen MR) is 73.6 cm³/mol. The smallest absolute Gasteiger partial charge is 0.0628 e. The maximum absolute atomic E-state index is 9.99. The van der Waals surface area contributed by atoms with E-state index in [-0.39, 0.29) is 5.54 Å². The SMILES string of the molecule is CCCN(CC(CO)(NC1CC1)C1CC1)C1CC1. The van der Waals surface area contributed by atoms with E-state index in [0.29, 0.717) is 12.6 Å². The van der Waals surface area contributed by atoms with Crippen molar-refractivity contribution in [2.45, 2.75) is 69.5 Å². The molecule has 0 heterocycles. The summed E-state index contributed by atoms with van der Waals surface area (Å²) in [7, 11) is 0. The highest BCUT2D eigenvalue weighted by Gasteiger charge is 2.49. The molecule has 3 aliphatic rings. The number of hydrogen-bond acceptors (Lipinski definition) is 3. The third-order valence-electron chi connectivity index (χ3n) is 4.77. The summed E-state index contributed by atoms with van der Waals surface area (Å²) in [5, 5.41) is 13.8. The summed E-state index contributed by atoms with van der Waals surface area (Å²) in [6.45, 7) is 4.86. The Morgan fingerprint density at radius 1 is 1.17 bits per heavy atom. The normalized spacial score (nSPS) is 27.5. The molecule has 0 aromatic carbocycles. The molecule has 3 rings (SSSR count). The van der Waals surface area contributed by atoms with Gasteiger partial charge in [0.25, 0.3) is 0 Å². The largest absolute Gasteiger partial charge is 0.394 e. The fourth-order valence-corrected chi connectivity index (χ4v) is 3.27. The van der Waals surface area contributed by atoms with Gasteiger partial charge >= 0.3 is 0 Å². The van der Waals surface area contributed by atoms with Gasteiger partial charge in [0.15, 0.2) is 0 Å². The zero-order valence-electron chi connectivity index (χ0n) is 11.7. The van der Waals surface area contributed by atoms with E-state index in [1.54, 1.807) is 0 Å². The van der Waals surface area contributed by atoms with E-state index in [1.807, 2.05) is 0 Å². The molecule has 104 valence electrons. The number of aliphatic hydroxyl groups is 1. The Morgan fingerprint density at radius 3 is 2.33 bits per heavy atom. The Morgan fingerprint density at radius 2 is 1.89 bits per heavy atom. The van der Waals surface area contributed by atoms with Crippen LogP contribution in [0.25, 0.3) is 0 Å². The van der Waals surface area contributed by atoms with Gasteiger partial charge < -0.3 is 10.4 Å². The first-order valence-corrected chi connectivity index (χ1v) is 7.90. The standard InChI is InChI=1S/C15H28N2O/c1-2-9-17(14-7-8-14)10-15(11-18,12-3-4-12)16-13-5-6-13/h12-14,16,18H,2-11H2,1H3. The lowest BCUT2D eigenvalue weighted by Crippen LogP contribution is -2.59. The van der Waals surface area contributed by atoms with E-state index < -0.39 is 0 Å². The third-order valence-corrected chi connectivity index (χ3v) is 4.77. The highest BCUT2D eigenvalue weighted by Crippen LogP contribution is 2.43. The number of nitrogens with one attached hydrogen (secondary N) is 1. The second kappa shape index (κ2) is 5.10. The molecule has 0 aromatic heterocycles. The Kier molecular flexibility index (Phi) is 3.65. The van der Waals surface area contributed by atoms with Crippen molar-refractivity contribution in [2.24, 2.45) is 5.92 Å². The second-order valence-electron chi connectivity index (χ2n) is 6.71. The van der Waals surface area contributed by atoms with Crippen LogP contribution in [-0.4, -0.2) is 47.3 Å². The topological polar surface area (TPSA) is 35.5 Å². The van der Waals surface area contributed by atoms with Crippen LogP contribution in [0.1, 0.15) is 51.9 Å². The number of hydrogen-bond donors (Lipinski definition) is 2. The number of nitrogens with zero attached hydrogens (tertiary/aromatic N) is 1. The first-order chi connectivity index (χ1) is 8.77. The second-order valence-corrected chi connectivity index (χ2v) is 6.71. The van der Waals surface area contributed by atoms with Crippen molar-refractivity contribution in [2.75, 3.05) is 19.7 Å². The van der Waals surface area contributed by atoms with Crippen molar-refractivity contribution in [3.63, 3.8) is 0 Å². The van der Waals surface area contributed by atoms with Crippen LogP contribution in [0, 0.1) is 5.92 Å². The summed E-state index contributed by atoms with van der Waals surface area (Å²) in [6, 6.07) is 1.51. The molecule has 3 fully saturated rings. The number of rotatable bonds is 9. The summed E-state index contributed by atoms with van der Waals surface area (Å²) in [4.78, 5) is 2.64. The molecule has 3 heteroatoms. The minimum absolute atomic E-state index is 0.0128. The minimum atomic E-state index is 0.0128. The van der Waals surface area contributed by atoms with Crippen molar-refractivity contribution in [3.05, 3.63) is 0 Å². The molecule has 0 radical (unpaired) electrons. The Balaban J connectivity index is 1.66. The molecule has 3 aliphatic carbocycles. The lowest BCUT2D eigenvalue weighted by molar-refractivity contribution is 0.0851. The summed E-state index contributed by atoms with van der Waals surface area (Å²) in [5.74, 6) is 0.723. The third kappa shape index (κ3) is 2.89. The first kappa shape index (κ1) is 12.9. The van der Waals surface area contributed by atoms with Gasteiger partial charge in [0.05, 0.1) is 12.1 Å². The highest BCUT2D eigenvalue weighted by molar-refractivity contribution is 5.07. The van der Waals surface area contributed by atoms with Crippen molar-refractivity contribution in [1.82, 2.24) is 10.2 Å². The lowest BCUT2D eigenvalue weighted by Gasteiger charge is -2.39. The zero-order valence-corrected chi connectivity index (χ0v) is 11.7. The maximum Gasteiger partial charge on any atom is 0.0628 e. The minimum Gasteiger partial charge on any atom is -0.394 e. The molecule has 3 nitrogen and oxygen atoms in total. The summed E-state index contributed by atoms with van der Waals surface area (Å²) >= 11 is 0. The molecule has 1 unspecified atom stereocenters. The molecule has 0 amide bonds. The predicted octanol–water partition coefficient (Wildman–Crippen LogP) is 1.75. The van der Waals surface area contributed by atoms with E-state index in [0.717, 1.165) is 18.5 Å². The molecule has 18 heavy (non-hydrogen) atoms. The monoisotopic (exact) mass is 252 g/mol. The van der Waals surface area contributed by atoms with Gasteiger partial charge in [-0.3, -0.25) is 4.90 Å². The lowest BCUT2D eigenvalue weighted by atomic mass is 9.92. The van der Waals surface area contributed by atoms with E-state index in [2.05, 4.69) is 17.1 Å². The molecule has 3 saturated carbocycles. The van der Waals surface area contributed by atoms with E-state index in [4.69, 9.17) is 0 Å². The Hall–Kier alpha value is -0.120. The molecule has 0 aromatic rings. The van der Waals surface area contributed by atoms with Gasteiger partial charge in [-0.05, 0) is 57.4 Å². The average Bonchev–Trinajstić information content (AvgIpc) is 3.21. The quantitative estimate of drug-likeness (QED) is 0.656. The molecule has 0 aliphatic heterocycles. The first-order valence-electron chi connectivity index (χ1n) is 7.90. The van der Waals surface area contributed by atoms with Crippen LogP contribution in [0.4, 0.5) is 0 Å². The summed E-state index contributed by atoms with van der Waals surface area (Å²) in [5.41, 5.74) is 0.0128. The van der Waals surface area contributed by atoms with Gasteiger partial charge in [-0.25, -0.2) is 0 Å². The molecule has 0 spiro atoms. The Bertz CT molecular complexity index is 284. The number of aliphatic hydroxyl groups excluding tert-OH is 1. The molecular weight excluding hydrogens is 224 g/mol. The van der Waals surface area contributed by atoms with Gasteiger partial charge in [0.2, 0.25) is 0 Å². The van der Waals surface area contributed by atoms with Crippen molar-refractivity contribution >= 4 is 0 Å². The zero-order chi connectivity index (χ0) is 12.6. The van der Waals surface area contributed by atoms with Crippen LogP contribution in [0.5, 0.6) is 0 Å². The van der Waals surface area contributed by atoms with Gasteiger partial charge in [-0.15, -0.1) is 0 Å². The molecule has 0 bridgehead atoms. The van der Waals surface area contributed by atoms with Crippen LogP contribution in [0.3, 0.4) is 0 Å². The molecular formula is C15H28N2O. The van der Waals surface area contributed by atoms with Crippen LogP contribution < -0.4 is 5.32 Å². The summed E-state index contributed by atoms with van der Waals surface area (Å²) < 4.78 is 0. The van der Waals surface area contributed by atoms with Crippen LogP contribution in [-0.2, 0) is 0 Å². The van der Waals surface area contributed by atoms with Gasteiger partial charge in [-0.1, -0.05) is 6.92 Å². The molecule has 0 saturated heterocycles. The van der Waals surface area contributed by atoms with E-state index >= 15 is 0 Å². The fraction of sp³-hybridized carbons (Fsp3) is 1.00.